The minimum atomic E-state index is -0.469. The van der Waals surface area contributed by atoms with Gasteiger partial charge in [-0.25, -0.2) is 9.78 Å². The van der Waals surface area contributed by atoms with Gasteiger partial charge in [0.2, 0.25) is 5.91 Å². The maximum atomic E-state index is 12.6. The molecule has 0 aliphatic carbocycles. The number of urea groups is 1. The number of amides is 3. The van der Waals surface area contributed by atoms with Crippen molar-refractivity contribution in [2.75, 3.05) is 23.2 Å². The second kappa shape index (κ2) is 8.79. The molecule has 1 saturated heterocycles. The number of nitrogens with zero attached hydrogens (tertiary/aromatic N) is 2. The van der Waals surface area contributed by atoms with E-state index in [0.29, 0.717) is 18.2 Å². The standard InChI is InChI=1S/C17H20N4O2S3/c1-11-19-13(8-26-11)7-18-16(22)15-9-25-10-21(15)17(23)20-12-4-3-5-14(6-12)24-2/h3-6,8,15H,7,9-10H2,1-2H3,(H,18,22)(H,20,23)/t15-/m1/s1. The second-order valence-electron chi connectivity index (χ2n) is 5.72. The third kappa shape index (κ3) is 4.72. The van der Waals surface area contributed by atoms with Gasteiger partial charge in [0.25, 0.3) is 0 Å². The summed E-state index contributed by atoms with van der Waals surface area (Å²) in [5.41, 5.74) is 1.58. The summed E-state index contributed by atoms with van der Waals surface area (Å²) in [4.78, 5) is 32.1. The van der Waals surface area contributed by atoms with Crippen LogP contribution in [0.5, 0.6) is 0 Å². The lowest BCUT2D eigenvalue weighted by atomic mass is 10.2. The summed E-state index contributed by atoms with van der Waals surface area (Å²) in [7, 11) is 0. The zero-order chi connectivity index (χ0) is 18.5. The number of aromatic nitrogens is 1. The topological polar surface area (TPSA) is 74.3 Å². The Balaban J connectivity index is 1.59. The van der Waals surface area contributed by atoms with Crippen LogP contribution in [0.15, 0.2) is 34.5 Å². The number of hydrogen-bond acceptors (Lipinski definition) is 6. The molecule has 1 aliphatic heterocycles. The molecule has 1 aromatic carbocycles. The summed E-state index contributed by atoms with van der Waals surface area (Å²) in [6, 6.07) is 6.94. The van der Waals surface area contributed by atoms with Crippen molar-refractivity contribution in [3.05, 3.63) is 40.3 Å². The fraction of sp³-hybridized carbons (Fsp3) is 0.353. The van der Waals surface area contributed by atoms with Crippen LogP contribution in [0.4, 0.5) is 10.5 Å². The van der Waals surface area contributed by atoms with Gasteiger partial charge >= 0.3 is 6.03 Å². The zero-order valence-electron chi connectivity index (χ0n) is 14.5. The molecule has 9 heteroatoms. The minimum absolute atomic E-state index is 0.145. The fourth-order valence-electron chi connectivity index (χ4n) is 2.54. The summed E-state index contributed by atoms with van der Waals surface area (Å²) in [6.45, 7) is 2.32. The highest BCUT2D eigenvalue weighted by Gasteiger charge is 2.34. The summed E-state index contributed by atoms with van der Waals surface area (Å²) >= 11 is 4.75. The molecule has 2 aromatic rings. The van der Waals surface area contributed by atoms with Crippen molar-refractivity contribution in [3.8, 4) is 0 Å². The largest absolute Gasteiger partial charge is 0.349 e. The van der Waals surface area contributed by atoms with Crippen LogP contribution in [0.1, 0.15) is 10.7 Å². The Bertz CT molecular complexity index is 796. The molecular formula is C17H20N4O2S3. The summed E-state index contributed by atoms with van der Waals surface area (Å²) in [5, 5.41) is 8.68. The van der Waals surface area contributed by atoms with E-state index in [-0.39, 0.29) is 11.9 Å². The molecule has 1 atom stereocenters. The van der Waals surface area contributed by atoms with Crippen LogP contribution in [0.25, 0.3) is 0 Å². The van der Waals surface area contributed by atoms with E-state index in [4.69, 9.17) is 0 Å². The molecule has 2 heterocycles. The molecule has 1 aromatic heterocycles. The number of benzene rings is 1. The number of nitrogens with one attached hydrogen (secondary N) is 2. The quantitative estimate of drug-likeness (QED) is 0.742. The second-order valence-corrected chi connectivity index (χ2v) is 8.66. The molecule has 26 heavy (non-hydrogen) atoms. The summed E-state index contributed by atoms with van der Waals surface area (Å²) in [5.74, 6) is 0.955. The van der Waals surface area contributed by atoms with Gasteiger partial charge in [0.15, 0.2) is 0 Å². The van der Waals surface area contributed by atoms with E-state index in [1.165, 1.54) is 0 Å². The number of thiazole rings is 1. The van der Waals surface area contributed by atoms with E-state index < -0.39 is 6.04 Å². The van der Waals surface area contributed by atoms with E-state index in [1.807, 2.05) is 42.8 Å². The molecule has 1 aliphatic rings. The average molecular weight is 409 g/mol. The smallest absolute Gasteiger partial charge is 0.323 e. The molecule has 0 bridgehead atoms. The molecule has 3 rings (SSSR count). The molecule has 138 valence electrons. The number of rotatable bonds is 5. The molecule has 0 spiro atoms. The van der Waals surface area contributed by atoms with Gasteiger partial charge in [-0.3, -0.25) is 4.79 Å². The van der Waals surface area contributed by atoms with Gasteiger partial charge < -0.3 is 15.5 Å². The lowest BCUT2D eigenvalue weighted by molar-refractivity contribution is -0.124. The van der Waals surface area contributed by atoms with Crippen LogP contribution in [-0.4, -0.2) is 45.7 Å². The Morgan fingerprint density at radius 2 is 2.27 bits per heavy atom. The van der Waals surface area contributed by atoms with Crippen molar-refractivity contribution in [1.29, 1.82) is 0 Å². The number of carbonyl (C=O) groups excluding carboxylic acids is 2. The first-order valence-electron chi connectivity index (χ1n) is 8.05. The zero-order valence-corrected chi connectivity index (χ0v) is 17.0. The monoisotopic (exact) mass is 408 g/mol. The molecule has 6 nitrogen and oxygen atoms in total. The number of thioether (sulfide) groups is 2. The lowest BCUT2D eigenvalue weighted by Gasteiger charge is -2.23. The van der Waals surface area contributed by atoms with Crippen molar-refractivity contribution in [2.24, 2.45) is 0 Å². The van der Waals surface area contributed by atoms with Crippen molar-refractivity contribution in [2.45, 2.75) is 24.4 Å². The van der Waals surface area contributed by atoms with Crippen LogP contribution >= 0.6 is 34.9 Å². The van der Waals surface area contributed by atoms with Gasteiger partial charge in [0.05, 0.1) is 23.1 Å². The maximum absolute atomic E-state index is 12.6. The Kier molecular flexibility index (Phi) is 6.44. The highest BCUT2D eigenvalue weighted by atomic mass is 32.2. The molecule has 0 unspecified atom stereocenters. The van der Waals surface area contributed by atoms with Gasteiger partial charge in [-0.2, -0.15) is 0 Å². The van der Waals surface area contributed by atoms with Crippen LogP contribution in [-0.2, 0) is 11.3 Å². The molecule has 0 radical (unpaired) electrons. The van der Waals surface area contributed by atoms with E-state index in [0.717, 1.165) is 21.3 Å². The van der Waals surface area contributed by atoms with Crippen LogP contribution < -0.4 is 10.6 Å². The molecule has 0 saturated carbocycles. The first-order valence-corrected chi connectivity index (χ1v) is 11.3. The van der Waals surface area contributed by atoms with Crippen molar-refractivity contribution >= 4 is 52.5 Å². The first-order chi connectivity index (χ1) is 12.6. The predicted molar refractivity (Wildman–Crippen MR) is 109 cm³/mol. The Hall–Kier alpha value is -1.71. The number of aryl methyl sites for hydroxylation is 1. The highest BCUT2D eigenvalue weighted by Crippen LogP contribution is 2.24. The van der Waals surface area contributed by atoms with Crippen molar-refractivity contribution in [1.82, 2.24) is 15.2 Å². The number of anilines is 1. The number of hydrogen-bond donors (Lipinski definition) is 2. The van der Waals surface area contributed by atoms with Gasteiger partial charge in [-0.15, -0.1) is 34.9 Å². The number of carbonyl (C=O) groups is 2. The van der Waals surface area contributed by atoms with Gasteiger partial charge in [-0.1, -0.05) is 6.07 Å². The Morgan fingerprint density at radius 1 is 1.42 bits per heavy atom. The molecular weight excluding hydrogens is 388 g/mol. The van der Waals surface area contributed by atoms with Crippen LogP contribution in [0, 0.1) is 6.92 Å². The van der Waals surface area contributed by atoms with E-state index in [1.54, 1.807) is 39.8 Å². The molecule has 2 N–H and O–H groups in total. The first kappa shape index (κ1) is 19.1. The van der Waals surface area contributed by atoms with Gasteiger partial charge in [-0.05, 0) is 31.4 Å². The molecule has 1 fully saturated rings. The lowest BCUT2D eigenvalue weighted by Crippen LogP contribution is -2.48. The normalized spacial score (nSPS) is 16.5. The van der Waals surface area contributed by atoms with E-state index in [9.17, 15) is 9.59 Å². The van der Waals surface area contributed by atoms with Gasteiger partial charge in [0.1, 0.15) is 6.04 Å². The third-order valence-electron chi connectivity index (χ3n) is 3.88. The highest BCUT2D eigenvalue weighted by molar-refractivity contribution is 7.99. The van der Waals surface area contributed by atoms with Crippen molar-refractivity contribution in [3.63, 3.8) is 0 Å². The Morgan fingerprint density at radius 3 is 3.00 bits per heavy atom. The van der Waals surface area contributed by atoms with Gasteiger partial charge in [0, 0.05) is 21.7 Å². The fourth-order valence-corrected chi connectivity index (χ4v) is 4.77. The predicted octanol–water partition coefficient (Wildman–Crippen LogP) is 3.40. The van der Waals surface area contributed by atoms with E-state index in [2.05, 4.69) is 15.6 Å². The summed E-state index contributed by atoms with van der Waals surface area (Å²) < 4.78 is 0. The Labute approximate surface area is 165 Å². The van der Waals surface area contributed by atoms with Crippen LogP contribution in [0.3, 0.4) is 0 Å². The average Bonchev–Trinajstić information content (AvgIpc) is 3.29. The minimum Gasteiger partial charge on any atom is -0.349 e. The molecule has 3 amide bonds. The maximum Gasteiger partial charge on any atom is 0.323 e. The van der Waals surface area contributed by atoms with Crippen LogP contribution in [0.2, 0.25) is 0 Å². The third-order valence-corrected chi connectivity index (χ3v) is 6.44. The summed E-state index contributed by atoms with van der Waals surface area (Å²) in [6.07, 6.45) is 1.99. The van der Waals surface area contributed by atoms with E-state index >= 15 is 0 Å². The SMILES string of the molecule is CSc1cccc(NC(=O)N2CSC[C@@H]2C(=O)NCc2csc(C)n2)c1. The van der Waals surface area contributed by atoms with Crippen molar-refractivity contribution < 1.29 is 9.59 Å².